The van der Waals surface area contributed by atoms with E-state index in [9.17, 15) is 4.79 Å². The quantitative estimate of drug-likeness (QED) is 0.560. The maximum Gasteiger partial charge on any atom is 0.330 e. The molecule has 0 aromatic rings. The Bertz CT molecular complexity index is 369. The van der Waals surface area contributed by atoms with Crippen molar-refractivity contribution >= 4 is 5.97 Å². The Kier molecular flexibility index (Phi) is 3.33. The van der Waals surface area contributed by atoms with E-state index in [1.165, 1.54) is 12.8 Å². The molecule has 2 nitrogen and oxygen atoms in total. The van der Waals surface area contributed by atoms with Crippen LogP contribution in [0.25, 0.3) is 0 Å². The largest absolute Gasteiger partial charge is 0.463 e. The van der Waals surface area contributed by atoms with E-state index in [-0.39, 0.29) is 5.97 Å². The van der Waals surface area contributed by atoms with Gasteiger partial charge in [0, 0.05) is 6.08 Å². The first kappa shape index (κ1) is 13.6. The van der Waals surface area contributed by atoms with Crippen LogP contribution in [-0.2, 0) is 9.53 Å². The molecule has 2 saturated carbocycles. The van der Waals surface area contributed by atoms with Crippen molar-refractivity contribution in [1.29, 1.82) is 0 Å². The van der Waals surface area contributed by atoms with E-state index in [1.807, 2.05) is 13.0 Å². The van der Waals surface area contributed by atoms with E-state index in [0.29, 0.717) is 29.3 Å². The Balaban J connectivity index is 1.99. The Morgan fingerprint density at radius 2 is 2.11 bits per heavy atom. The van der Waals surface area contributed by atoms with E-state index >= 15 is 0 Å². The molecule has 2 fully saturated rings. The van der Waals surface area contributed by atoms with Gasteiger partial charge in [-0.05, 0) is 48.3 Å². The fourth-order valence-corrected chi connectivity index (χ4v) is 4.04. The zero-order valence-electron chi connectivity index (χ0n) is 12.3. The summed E-state index contributed by atoms with van der Waals surface area (Å²) in [5, 5.41) is 0. The van der Waals surface area contributed by atoms with Crippen molar-refractivity contribution in [3.8, 4) is 0 Å². The van der Waals surface area contributed by atoms with Gasteiger partial charge in [-0.1, -0.05) is 33.8 Å². The second kappa shape index (κ2) is 4.40. The molecule has 0 N–H and O–H groups in total. The second-order valence-corrected chi connectivity index (χ2v) is 6.85. The lowest BCUT2D eigenvalue weighted by molar-refractivity contribution is -0.137. The Hall–Kier alpha value is -0.790. The fourth-order valence-electron chi connectivity index (χ4n) is 4.04. The number of fused-ring (bicyclic) bond motifs is 1. The molecule has 0 aromatic carbocycles. The third kappa shape index (κ3) is 2.00. The number of esters is 1. The standard InChI is InChI=1S/C16H26O2/c1-6-18-14(17)8-7-11(2)13-9-12-10-16(12,5)15(13,3)4/h7-8,11-13H,6,9-10H2,1-5H3/b8-7+/t11?,12?,13?,16-/m0/s1. The Morgan fingerprint density at radius 1 is 1.44 bits per heavy atom. The van der Waals surface area contributed by atoms with E-state index in [1.54, 1.807) is 6.08 Å². The first-order chi connectivity index (χ1) is 8.33. The summed E-state index contributed by atoms with van der Waals surface area (Å²) in [7, 11) is 0. The van der Waals surface area contributed by atoms with Gasteiger partial charge in [-0.25, -0.2) is 4.79 Å². The SMILES string of the molecule is CCOC(=O)/C=C/C(C)C1CC2C[C@]2(C)C1(C)C. The van der Waals surface area contributed by atoms with Crippen LogP contribution in [0.1, 0.15) is 47.5 Å². The van der Waals surface area contributed by atoms with Crippen molar-refractivity contribution in [3.63, 3.8) is 0 Å². The third-order valence-electron chi connectivity index (χ3n) is 5.81. The highest BCUT2D eigenvalue weighted by Crippen LogP contribution is 2.74. The van der Waals surface area contributed by atoms with Gasteiger partial charge in [0.1, 0.15) is 0 Å². The molecule has 2 aliphatic carbocycles. The van der Waals surface area contributed by atoms with E-state index < -0.39 is 0 Å². The number of allylic oxidation sites excluding steroid dienone is 1. The lowest BCUT2D eigenvalue weighted by Gasteiger charge is -2.38. The molecule has 0 spiro atoms. The number of carbonyl (C=O) groups excluding carboxylic acids is 1. The van der Waals surface area contributed by atoms with Crippen LogP contribution in [0.5, 0.6) is 0 Å². The fraction of sp³-hybridized carbons (Fsp3) is 0.812. The highest BCUT2D eigenvalue weighted by atomic mass is 16.5. The number of rotatable bonds is 4. The third-order valence-corrected chi connectivity index (χ3v) is 5.81. The van der Waals surface area contributed by atoms with Crippen LogP contribution in [0.3, 0.4) is 0 Å². The van der Waals surface area contributed by atoms with Gasteiger partial charge >= 0.3 is 5.97 Å². The number of hydrogen-bond acceptors (Lipinski definition) is 2. The highest BCUT2D eigenvalue weighted by Gasteiger charge is 2.67. The first-order valence-electron chi connectivity index (χ1n) is 7.18. The van der Waals surface area contributed by atoms with Gasteiger partial charge in [-0.2, -0.15) is 0 Å². The van der Waals surface area contributed by atoms with Gasteiger partial charge in [0.2, 0.25) is 0 Å². The Morgan fingerprint density at radius 3 is 2.61 bits per heavy atom. The van der Waals surface area contributed by atoms with Crippen LogP contribution < -0.4 is 0 Å². The van der Waals surface area contributed by atoms with Crippen molar-refractivity contribution in [3.05, 3.63) is 12.2 Å². The molecule has 0 radical (unpaired) electrons. The molecule has 0 aliphatic heterocycles. The van der Waals surface area contributed by atoms with Crippen molar-refractivity contribution in [1.82, 2.24) is 0 Å². The summed E-state index contributed by atoms with van der Waals surface area (Å²) in [6, 6.07) is 0. The maximum atomic E-state index is 11.4. The molecule has 2 rings (SSSR count). The molecule has 0 amide bonds. The zero-order valence-corrected chi connectivity index (χ0v) is 12.3. The predicted octanol–water partition coefficient (Wildman–Crippen LogP) is 3.81. The monoisotopic (exact) mass is 250 g/mol. The van der Waals surface area contributed by atoms with Crippen LogP contribution in [0, 0.1) is 28.6 Å². The van der Waals surface area contributed by atoms with Gasteiger partial charge < -0.3 is 4.74 Å². The van der Waals surface area contributed by atoms with Crippen molar-refractivity contribution in [2.45, 2.75) is 47.5 Å². The van der Waals surface area contributed by atoms with Gasteiger partial charge in [0.25, 0.3) is 0 Å². The summed E-state index contributed by atoms with van der Waals surface area (Å²) in [5.41, 5.74) is 0.930. The molecule has 0 aromatic heterocycles. The van der Waals surface area contributed by atoms with Gasteiger partial charge in [-0.15, -0.1) is 0 Å². The van der Waals surface area contributed by atoms with Gasteiger partial charge in [-0.3, -0.25) is 0 Å². The Labute approximate surface area is 111 Å². The zero-order chi connectivity index (χ0) is 13.6. The molecule has 0 bridgehead atoms. The van der Waals surface area contributed by atoms with Crippen LogP contribution in [0.2, 0.25) is 0 Å². The predicted molar refractivity (Wildman–Crippen MR) is 73.0 cm³/mol. The molecule has 3 unspecified atom stereocenters. The molecular formula is C16H26O2. The summed E-state index contributed by atoms with van der Waals surface area (Å²) >= 11 is 0. The smallest absolute Gasteiger partial charge is 0.330 e. The van der Waals surface area contributed by atoms with Crippen molar-refractivity contribution in [2.75, 3.05) is 6.61 Å². The van der Waals surface area contributed by atoms with E-state index in [2.05, 4.69) is 27.7 Å². The molecule has 18 heavy (non-hydrogen) atoms. The van der Waals surface area contributed by atoms with E-state index in [0.717, 1.165) is 5.92 Å². The summed E-state index contributed by atoms with van der Waals surface area (Å²) < 4.78 is 4.93. The van der Waals surface area contributed by atoms with E-state index in [4.69, 9.17) is 4.74 Å². The normalized spacial score (nSPS) is 38.5. The van der Waals surface area contributed by atoms with Crippen LogP contribution in [-0.4, -0.2) is 12.6 Å². The minimum atomic E-state index is -0.212. The lowest BCUT2D eigenvalue weighted by atomic mass is 9.67. The summed E-state index contributed by atoms with van der Waals surface area (Å²) in [5.74, 6) is 1.84. The topological polar surface area (TPSA) is 26.3 Å². The molecular weight excluding hydrogens is 224 g/mol. The molecule has 2 heteroatoms. The molecule has 4 atom stereocenters. The van der Waals surface area contributed by atoms with Crippen LogP contribution in [0.15, 0.2) is 12.2 Å². The number of carbonyl (C=O) groups is 1. The average Bonchev–Trinajstić information content (AvgIpc) is 2.91. The van der Waals surface area contributed by atoms with Crippen LogP contribution in [0.4, 0.5) is 0 Å². The molecule has 2 aliphatic rings. The summed E-state index contributed by atoms with van der Waals surface area (Å²) in [6.07, 6.45) is 6.36. The highest BCUT2D eigenvalue weighted by molar-refractivity contribution is 5.81. The van der Waals surface area contributed by atoms with Crippen molar-refractivity contribution in [2.24, 2.45) is 28.6 Å². The number of hydrogen-bond donors (Lipinski definition) is 0. The second-order valence-electron chi connectivity index (χ2n) is 6.85. The van der Waals surface area contributed by atoms with Gasteiger partial charge in [0.05, 0.1) is 6.61 Å². The lowest BCUT2D eigenvalue weighted by Crippen LogP contribution is -2.31. The summed E-state index contributed by atoms with van der Waals surface area (Å²) in [4.78, 5) is 11.4. The maximum absolute atomic E-state index is 11.4. The summed E-state index contributed by atoms with van der Waals surface area (Å²) in [6.45, 7) is 11.8. The number of ether oxygens (including phenoxy) is 1. The van der Waals surface area contributed by atoms with Gasteiger partial charge in [0.15, 0.2) is 0 Å². The minimum Gasteiger partial charge on any atom is -0.463 e. The average molecular weight is 250 g/mol. The first-order valence-corrected chi connectivity index (χ1v) is 7.18. The van der Waals surface area contributed by atoms with Crippen LogP contribution >= 0.6 is 0 Å². The molecule has 102 valence electrons. The molecule has 0 heterocycles. The van der Waals surface area contributed by atoms with Crippen molar-refractivity contribution < 1.29 is 9.53 Å². The minimum absolute atomic E-state index is 0.212. The molecule has 0 saturated heterocycles.